The van der Waals surface area contributed by atoms with E-state index in [2.05, 4.69) is 0 Å². The Labute approximate surface area is 113 Å². The number of benzene rings is 1. The molecule has 0 fully saturated rings. The van der Waals surface area contributed by atoms with Gasteiger partial charge in [0.2, 0.25) is 5.76 Å². The third-order valence-corrected chi connectivity index (χ3v) is 3.41. The second-order valence-corrected chi connectivity index (χ2v) is 4.68. The van der Waals surface area contributed by atoms with Crippen LogP contribution in [0.1, 0.15) is 10.4 Å². The molecule has 0 atom stereocenters. The number of rotatable bonds is 4. The van der Waals surface area contributed by atoms with Crippen LogP contribution >= 0.6 is 11.3 Å². The molecule has 0 saturated heterocycles. The van der Waals surface area contributed by atoms with Crippen LogP contribution in [-0.4, -0.2) is 22.0 Å². The standard InChI is InChI=1S/C14H10O4S/c15-11(7-12(16)14(17)18)10-6-13(19-8-10)9-4-2-1-3-5-9/h1-8,16H,(H,17,18). The van der Waals surface area contributed by atoms with Crippen LogP contribution in [0.5, 0.6) is 0 Å². The van der Waals surface area contributed by atoms with Crippen molar-refractivity contribution in [3.05, 3.63) is 59.2 Å². The highest BCUT2D eigenvalue weighted by Gasteiger charge is 2.11. The highest BCUT2D eigenvalue weighted by molar-refractivity contribution is 7.13. The first-order valence-electron chi connectivity index (χ1n) is 5.40. The van der Waals surface area contributed by atoms with E-state index in [4.69, 9.17) is 10.2 Å². The summed E-state index contributed by atoms with van der Waals surface area (Å²) < 4.78 is 0. The van der Waals surface area contributed by atoms with Gasteiger partial charge >= 0.3 is 5.97 Å². The second-order valence-electron chi connectivity index (χ2n) is 3.76. The van der Waals surface area contributed by atoms with Crippen molar-refractivity contribution in [2.24, 2.45) is 0 Å². The molecule has 0 unspecified atom stereocenters. The maximum absolute atomic E-state index is 11.7. The average Bonchev–Trinajstić information content (AvgIpc) is 2.89. The molecule has 0 amide bonds. The smallest absolute Gasteiger partial charge is 0.371 e. The third-order valence-electron chi connectivity index (χ3n) is 2.43. The molecule has 0 radical (unpaired) electrons. The van der Waals surface area contributed by atoms with Crippen LogP contribution in [0.25, 0.3) is 10.4 Å². The minimum atomic E-state index is -1.52. The van der Waals surface area contributed by atoms with Crippen LogP contribution in [-0.2, 0) is 4.79 Å². The maximum Gasteiger partial charge on any atom is 0.371 e. The monoisotopic (exact) mass is 274 g/mol. The number of ketones is 1. The molecule has 2 N–H and O–H groups in total. The number of aliphatic carboxylic acids is 1. The molecule has 5 heteroatoms. The summed E-state index contributed by atoms with van der Waals surface area (Å²) in [6.45, 7) is 0. The summed E-state index contributed by atoms with van der Waals surface area (Å²) >= 11 is 1.39. The Morgan fingerprint density at radius 1 is 1.11 bits per heavy atom. The molecule has 2 aromatic rings. The van der Waals surface area contributed by atoms with Gasteiger partial charge in [-0.2, -0.15) is 0 Å². The van der Waals surface area contributed by atoms with Crippen molar-refractivity contribution in [1.82, 2.24) is 0 Å². The van der Waals surface area contributed by atoms with E-state index in [9.17, 15) is 9.59 Å². The highest BCUT2D eigenvalue weighted by atomic mass is 32.1. The molecule has 0 spiro atoms. The fourth-order valence-corrected chi connectivity index (χ4v) is 2.39. The molecular weight excluding hydrogens is 264 g/mol. The van der Waals surface area contributed by atoms with Crippen LogP contribution in [0, 0.1) is 0 Å². The normalized spacial score (nSPS) is 11.3. The first kappa shape index (κ1) is 13.0. The Balaban J connectivity index is 2.25. The Morgan fingerprint density at radius 3 is 2.42 bits per heavy atom. The molecule has 0 aliphatic heterocycles. The molecule has 4 nitrogen and oxygen atoms in total. The maximum atomic E-state index is 11.7. The van der Waals surface area contributed by atoms with E-state index in [-0.39, 0.29) is 0 Å². The lowest BCUT2D eigenvalue weighted by Gasteiger charge is -1.94. The van der Waals surface area contributed by atoms with Crippen molar-refractivity contribution >= 4 is 23.1 Å². The van der Waals surface area contributed by atoms with Crippen LogP contribution in [0.15, 0.2) is 53.6 Å². The SMILES string of the molecule is O=C(O)C(O)=CC(=O)c1csc(-c2ccccc2)c1. The van der Waals surface area contributed by atoms with E-state index < -0.39 is 17.5 Å². The number of carboxylic acid groups (broad SMARTS) is 1. The van der Waals surface area contributed by atoms with Gasteiger partial charge in [0.25, 0.3) is 0 Å². The average molecular weight is 274 g/mol. The van der Waals surface area contributed by atoms with Gasteiger partial charge in [0.15, 0.2) is 5.78 Å². The highest BCUT2D eigenvalue weighted by Crippen LogP contribution is 2.27. The van der Waals surface area contributed by atoms with Crippen molar-refractivity contribution < 1.29 is 19.8 Å². The van der Waals surface area contributed by atoms with E-state index in [0.29, 0.717) is 11.6 Å². The van der Waals surface area contributed by atoms with Gasteiger partial charge in [0, 0.05) is 21.9 Å². The molecule has 0 saturated carbocycles. The lowest BCUT2D eigenvalue weighted by molar-refractivity contribution is -0.135. The van der Waals surface area contributed by atoms with Gasteiger partial charge in [-0.15, -0.1) is 11.3 Å². The predicted octanol–water partition coefficient (Wildman–Crippen LogP) is 3.12. The van der Waals surface area contributed by atoms with Crippen LogP contribution in [0.3, 0.4) is 0 Å². The molecule has 1 heterocycles. The van der Waals surface area contributed by atoms with Crippen LogP contribution < -0.4 is 0 Å². The molecule has 0 aliphatic rings. The summed E-state index contributed by atoms with van der Waals surface area (Å²) in [7, 11) is 0. The fraction of sp³-hybridized carbons (Fsp3) is 0. The van der Waals surface area contributed by atoms with Gasteiger partial charge in [-0.05, 0) is 11.6 Å². The van der Waals surface area contributed by atoms with Crippen LogP contribution in [0.4, 0.5) is 0 Å². The molecular formula is C14H10O4S. The summed E-state index contributed by atoms with van der Waals surface area (Å²) in [5.41, 5.74) is 1.34. The van der Waals surface area contributed by atoms with E-state index >= 15 is 0 Å². The first-order valence-corrected chi connectivity index (χ1v) is 6.28. The summed E-state index contributed by atoms with van der Waals surface area (Å²) in [6, 6.07) is 11.2. The van der Waals surface area contributed by atoms with Gasteiger partial charge in [-0.1, -0.05) is 30.3 Å². The quantitative estimate of drug-likeness (QED) is 0.510. The number of carbonyl (C=O) groups is 2. The lowest BCUT2D eigenvalue weighted by atomic mass is 10.1. The topological polar surface area (TPSA) is 74.6 Å². The molecule has 0 aliphatic carbocycles. The number of thiophene rings is 1. The summed E-state index contributed by atoms with van der Waals surface area (Å²) in [4.78, 5) is 23.0. The van der Waals surface area contributed by atoms with E-state index in [1.54, 1.807) is 11.4 Å². The molecule has 2 rings (SSSR count). The number of aliphatic hydroxyl groups is 1. The van der Waals surface area contributed by atoms with Crippen molar-refractivity contribution in [2.45, 2.75) is 0 Å². The Bertz CT molecular complexity index is 640. The largest absolute Gasteiger partial charge is 0.502 e. The zero-order valence-corrected chi connectivity index (χ0v) is 10.6. The fourth-order valence-electron chi connectivity index (χ4n) is 1.49. The van der Waals surface area contributed by atoms with Crippen LogP contribution in [0.2, 0.25) is 0 Å². The second kappa shape index (κ2) is 5.49. The van der Waals surface area contributed by atoms with Gasteiger partial charge in [0.1, 0.15) is 0 Å². The third kappa shape index (κ3) is 3.08. The number of hydrogen-bond acceptors (Lipinski definition) is 4. The molecule has 1 aromatic carbocycles. The molecule has 0 bridgehead atoms. The zero-order chi connectivity index (χ0) is 13.8. The van der Waals surface area contributed by atoms with Gasteiger partial charge < -0.3 is 10.2 Å². The molecule has 1 aromatic heterocycles. The van der Waals surface area contributed by atoms with Gasteiger partial charge in [-0.3, -0.25) is 4.79 Å². The summed E-state index contributed by atoms with van der Waals surface area (Å²) in [5.74, 6) is -3.01. The number of carboxylic acids is 1. The Hall–Kier alpha value is -2.40. The number of allylic oxidation sites excluding steroid dienone is 1. The van der Waals surface area contributed by atoms with Crippen molar-refractivity contribution in [1.29, 1.82) is 0 Å². The number of aliphatic hydroxyl groups excluding tert-OH is 1. The summed E-state index contributed by atoms with van der Waals surface area (Å²) in [5, 5.41) is 19.2. The minimum Gasteiger partial charge on any atom is -0.502 e. The van der Waals surface area contributed by atoms with E-state index in [1.165, 1.54) is 11.3 Å². The number of hydrogen-bond donors (Lipinski definition) is 2. The first-order chi connectivity index (χ1) is 9.08. The summed E-state index contributed by atoms with van der Waals surface area (Å²) in [6.07, 6.45) is 0.707. The Kier molecular flexibility index (Phi) is 3.77. The van der Waals surface area contributed by atoms with E-state index in [0.717, 1.165) is 10.4 Å². The number of carbonyl (C=O) groups excluding carboxylic acids is 1. The Morgan fingerprint density at radius 2 is 1.79 bits per heavy atom. The van der Waals surface area contributed by atoms with E-state index in [1.807, 2.05) is 30.3 Å². The minimum absolute atomic E-state index is 0.358. The lowest BCUT2D eigenvalue weighted by Crippen LogP contribution is -2.03. The van der Waals surface area contributed by atoms with Crippen molar-refractivity contribution in [3.8, 4) is 10.4 Å². The molecule has 96 valence electrons. The van der Waals surface area contributed by atoms with Crippen molar-refractivity contribution in [2.75, 3.05) is 0 Å². The van der Waals surface area contributed by atoms with Gasteiger partial charge in [-0.25, -0.2) is 4.79 Å². The van der Waals surface area contributed by atoms with Crippen molar-refractivity contribution in [3.63, 3.8) is 0 Å². The zero-order valence-electron chi connectivity index (χ0n) is 9.74. The predicted molar refractivity (Wildman–Crippen MR) is 72.4 cm³/mol. The van der Waals surface area contributed by atoms with Gasteiger partial charge in [0.05, 0.1) is 0 Å². The molecule has 19 heavy (non-hydrogen) atoms.